The molecule has 1 N–H and O–H groups in total. The number of rotatable bonds is 10. The lowest BCUT2D eigenvalue weighted by molar-refractivity contribution is -0.110. The molecule has 168 valence electrons. The van der Waals surface area contributed by atoms with E-state index in [1.54, 1.807) is 31.6 Å². The van der Waals surface area contributed by atoms with Crippen LogP contribution in [-0.4, -0.2) is 42.4 Å². The summed E-state index contributed by atoms with van der Waals surface area (Å²) in [5.74, 6) is -0.528. The summed E-state index contributed by atoms with van der Waals surface area (Å²) in [4.78, 5) is 27.7. The number of carbonyl (C=O) groups excluding carboxylic acids is 1. The van der Waals surface area contributed by atoms with Crippen molar-refractivity contribution >= 4 is 49.3 Å². The second-order valence-corrected chi connectivity index (χ2v) is 11.2. The van der Waals surface area contributed by atoms with Gasteiger partial charge in [-0.1, -0.05) is 28.6 Å². The summed E-state index contributed by atoms with van der Waals surface area (Å²) in [6.07, 6.45) is 4.64. The van der Waals surface area contributed by atoms with Crippen molar-refractivity contribution in [1.82, 2.24) is 9.97 Å². The van der Waals surface area contributed by atoms with Gasteiger partial charge in [0, 0.05) is 30.4 Å². The van der Waals surface area contributed by atoms with Crippen LogP contribution in [0.1, 0.15) is 28.3 Å². The minimum absolute atomic E-state index is 0.000387. The van der Waals surface area contributed by atoms with E-state index in [1.807, 2.05) is 5.38 Å². The molecule has 1 fully saturated rings. The summed E-state index contributed by atoms with van der Waals surface area (Å²) in [6, 6.07) is 6.09. The molecule has 3 aromatic rings. The molecular weight excluding hydrogens is 472 g/mol. The topological polar surface area (TPSA) is 120 Å². The normalized spacial score (nSPS) is 14.3. The van der Waals surface area contributed by atoms with Crippen molar-refractivity contribution in [3.8, 4) is 0 Å². The minimum Gasteiger partial charge on any atom is -0.388 e. The molecule has 0 atom stereocenters. The zero-order chi connectivity index (χ0) is 22.6. The highest BCUT2D eigenvalue weighted by Crippen LogP contribution is 2.33. The van der Waals surface area contributed by atoms with Crippen LogP contribution in [0.25, 0.3) is 0 Å². The number of aromatic nitrogens is 2. The molecule has 0 bridgehead atoms. The van der Waals surface area contributed by atoms with Crippen molar-refractivity contribution in [2.45, 2.75) is 36.2 Å². The fourth-order valence-corrected chi connectivity index (χ4v) is 5.76. The van der Waals surface area contributed by atoms with E-state index in [-0.39, 0.29) is 22.5 Å². The molecule has 0 saturated heterocycles. The van der Waals surface area contributed by atoms with E-state index in [0.717, 1.165) is 4.88 Å². The van der Waals surface area contributed by atoms with Gasteiger partial charge in [0.15, 0.2) is 27.3 Å². The largest absolute Gasteiger partial charge is 0.388 e. The highest BCUT2D eigenvalue weighted by Gasteiger charge is 2.36. The number of benzene rings is 1. The highest BCUT2D eigenvalue weighted by molar-refractivity contribution is 7.92. The minimum atomic E-state index is -3.33. The van der Waals surface area contributed by atoms with E-state index in [9.17, 15) is 13.2 Å². The summed E-state index contributed by atoms with van der Waals surface area (Å²) in [6.45, 7) is 0.500. The Hall–Kier alpha value is -2.67. The number of hydrogen-bond acceptors (Lipinski definition) is 10. The van der Waals surface area contributed by atoms with Crippen molar-refractivity contribution in [3.05, 3.63) is 57.5 Å². The Kier molecular flexibility index (Phi) is 6.94. The monoisotopic (exact) mass is 492 g/mol. The second-order valence-electron chi connectivity index (χ2n) is 6.93. The van der Waals surface area contributed by atoms with Crippen molar-refractivity contribution in [1.29, 1.82) is 0 Å². The summed E-state index contributed by atoms with van der Waals surface area (Å²) >= 11 is 2.69. The first-order valence-electron chi connectivity index (χ1n) is 9.65. The van der Waals surface area contributed by atoms with Crippen LogP contribution in [0.4, 0.5) is 5.13 Å². The molecule has 12 heteroatoms. The first-order chi connectivity index (χ1) is 15.5. The molecule has 1 aromatic carbocycles. The molecule has 1 saturated carbocycles. The van der Waals surface area contributed by atoms with E-state index >= 15 is 0 Å². The Morgan fingerprint density at radius 3 is 2.66 bits per heavy atom. The molecule has 0 radical (unpaired) electrons. The van der Waals surface area contributed by atoms with Crippen LogP contribution in [-0.2, 0) is 37.4 Å². The molecule has 1 amide bonds. The maximum Gasteiger partial charge on any atom is 0.280 e. The second kappa shape index (κ2) is 9.86. The van der Waals surface area contributed by atoms with Gasteiger partial charge in [0.2, 0.25) is 0 Å². The van der Waals surface area contributed by atoms with Crippen molar-refractivity contribution < 1.29 is 22.8 Å². The summed E-state index contributed by atoms with van der Waals surface area (Å²) < 4.78 is 30.0. The van der Waals surface area contributed by atoms with Crippen LogP contribution in [0, 0.1) is 0 Å². The van der Waals surface area contributed by atoms with Crippen molar-refractivity contribution in [2.24, 2.45) is 5.16 Å². The zero-order valence-corrected chi connectivity index (χ0v) is 19.5. The van der Waals surface area contributed by atoms with Gasteiger partial charge in [0.05, 0.1) is 21.6 Å². The fourth-order valence-electron chi connectivity index (χ4n) is 2.81. The Morgan fingerprint density at radius 1 is 1.22 bits per heavy atom. The number of hydrogen-bond donors (Lipinski definition) is 1. The van der Waals surface area contributed by atoms with Crippen molar-refractivity contribution in [3.63, 3.8) is 0 Å². The Morgan fingerprint density at radius 2 is 2.00 bits per heavy atom. The molecule has 32 heavy (non-hydrogen) atoms. The van der Waals surface area contributed by atoms with Gasteiger partial charge < -0.3 is 9.57 Å². The van der Waals surface area contributed by atoms with Gasteiger partial charge in [0.25, 0.3) is 5.91 Å². The van der Waals surface area contributed by atoms with E-state index in [4.69, 9.17) is 9.57 Å². The SMILES string of the molecule is COCc1cnc(NC(=O)/C(=N/OCc2nccs2)c2ccc(S(=O)(=O)C3CC3)cc2)s1. The number of amides is 1. The summed E-state index contributed by atoms with van der Waals surface area (Å²) in [5, 5.41) is 9.34. The van der Waals surface area contributed by atoms with Gasteiger partial charge in [0.1, 0.15) is 5.01 Å². The predicted molar refractivity (Wildman–Crippen MR) is 122 cm³/mol. The smallest absolute Gasteiger partial charge is 0.280 e. The molecular formula is C20H20N4O5S3. The van der Waals surface area contributed by atoms with Crippen LogP contribution >= 0.6 is 22.7 Å². The molecule has 2 heterocycles. The third kappa shape index (κ3) is 5.38. The molecule has 9 nitrogen and oxygen atoms in total. The Bertz CT molecular complexity index is 1200. The van der Waals surface area contributed by atoms with Gasteiger partial charge in [-0.3, -0.25) is 10.1 Å². The molecule has 1 aliphatic rings. The van der Waals surface area contributed by atoms with E-state index in [1.165, 1.54) is 34.8 Å². The number of ether oxygens (including phenoxy) is 1. The standard InChI is InChI=1S/C20H20N4O5S3/c1-28-11-14-10-22-20(31-14)23-19(25)18(24-29-12-17-21-8-9-30-17)13-2-4-15(5-3-13)32(26,27)16-6-7-16/h2-5,8-10,16H,6-7,11-12H2,1H3,(H,22,23,25)/b24-18+. The van der Waals surface area contributed by atoms with Crippen LogP contribution in [0.2, 0.25) is 0 Å². The first-order valence-corrected chi connectivity index (χ1v) is 12.9. The quantitative estimate of drug-likeness (QED) is 0.341. The van der Waals surface area contributed by atoms with E-state index < -0.39 is 15.7 Å². The molecule has 0 spiro atoms. The number of nitrogens with zero attached hydrogens (tertiary/aromatic N) is 3. The molecule has 2 aromatic heterocycles. The number of anilines is 1. The average Bonchev–Trinajstić information content (AvgIpc) is 3.37. The average molecular weight is 493 g/mol. The Labute approximate surface area is 193 Å². The van der Waals surface area contributed by atoms with Gasteiger partial charge in [-0.25, -0.2) is 18.4 Å². The first kappa shape index (κ1) is 22.5. The van der Waals surface area contributed by atoms with Crippen LogP contribution in [0.5, 0.6) is 0 Å². The number of carbonyl (C=O) groups is 1. The number of sulfone groups is 1. The number of oxime groups is 1. The number of methoxy groups -OCH3 is 1. The lowest BCUT2D eigenvalue weighted by atomic mass is 10.1. The summed E-state index contributed by atoms with van der Waals surface area (Å²) in [7, 11) is -1.75. The van der Waals surface area contributed by atoms with Crippen LogP contribution in [0.15, 0.2) is 52.1 Å². The number of nitrogens with one attached hydrogen (secondary N) is 1. The van der Waals surface area contributed by atoms with E-state index in [0.29, 0.717) is 35.2 Å². The predicted octanol–water partition coefficient (Wildman–Crippen LogP) is 3.24. The highest BCUT2D eigenvalue weighted by atomic mass is 32.2. The van der Waals surface area contributed by atoms with Gasteiger partial charge in [-0.2, -0.15) is 0 Å². The lowest BCUT2D eigenvalue weighted by Gasteiger charge is -2.08. The summed E-state index contributed by atoms with van der Waals surface area (Å²) in [5.41, 5.74) is 0.422. The zero-order valence-electron chi connectivity index (χ0n) is 17.1. The maximum absolute atomic E-state index is 13.0. The third-order valence-corrected chi connectivity index (χ3v) is 8.44. The molecule has 4 rings (SSSR count). The van der Waals surface area contributed by atoms with Gasteiger partial charge in [-0.05, 0) is 25.0 Å². The third-order valence-electron chi connectivity index (χ3n) is 4.52. The van der Waals surface area contributed by atoms with E-state index in [2.05, 4.69) is 20.4 Å². The van der Waals surface area contributed by atoms with Gasteiger partial charge in [-0.15, -0.1) is 11.3 Å². The fraction of sp³-hybridized carbons (Fsp3) is 0.300. The molecule has 0 aliphatic heterocycles. The van der Waals surface area contributed by atoms with Crippen molar-refractivity contribution in [2.75, 3.05) is 12.4 Å². The molecule has 0 unspecified atom stereocenters. The molecule has 1 aliphatic carbocycles. The van der Waals surface area contributed by atoms with Crippen LogP contribution in [0.3, 0.4) is 0 Å². The lowest BCUT2D eigenvalue weighted by Crippen LogP contribution is -2.24. The number of thiazole rings is 2. The maximum atomic E-state index is 13.0. The van der Waals surface area contributed by atoms with Crippen LogP contribution < -0.4 is 5.32 Å². The van der Waals surface area contributed by atoms with Gasteiger partial charge >= 0.3 is 0 Å². The Balaban J connectivity index is 1.55.